The summed E-state index contributed by atoms with van der Waals surface area (Å²) < 4.78 is 53.6. The van der Waals surface area contributed by atoms with Crippen LogP contribution in [-0.4, -0.2) is 127 Å². The summed E-state index contributed by atoms with van der Waals surface area (Å²) >= 11 is 0. The van der Waals surface area contributed by atoms with Gasteiger partial charge in [-0.15, -0.1) is 20.4 Å². The van der Waals surface area contributed by atoms with Crippen molar-refractivity contribution >= 4 is 34.3 Å². The molecule has 0 unspecified atom stereocenters. The molecular formula is C48H50F2N10O7. The van der Waals surface area contributed by atoms with E-state index in [4.69, 9.17) is 19.3 Å². The largest absolute Gasteiger partial charge is 0.493 e. The number of hydrogen-bond donors (Lipinski definition) is 2. The van der Waals surface area contributed by atoms with Crippen LogP contribution in [0.2, 0.25) is 0 Å². The Labute approximate surface area is 383 Å². The minimum Gasteiger partial charge on any atom is -0.493 e. The molecule has 0 saturated carbocycles. The van der Waals surface area contributed by atoms with E-state index in [1.165, 1.54) is 17.7 Å². The Morgan fingerprint density at radius 1 is 0.701 bits per heavy atom. The molecule has 0 atom stereocenters. The van der Waals surface area contributed by atoms with Gasteiger partial charge in [0.2, 0.25) is 5.91 Å². The van der Waals surface area contributed by atoms with Gasteiger partial charge in [-0.1, -0.05) is 12.2 Å². The molecular weight excluding hydrogens is 867 g/mol. The number of aryl methyl sites for hydroxylation is 2. The van der Waals surface area contributed by atoms with Crippen LogP contribution in [0.4, 0.5) is 8.78 Å². The van der Waals surface area contributed by atoms with E-state index in [2.05, 4.69) is 52.6 Å². The Bertz CT molecular complexity index is 2890. The van der Waals surface area contributed by atoms with Crippen molar-refractivity contribution in [3.05, 3.63) is 118 Å². The van der Waals surface area contributed by atoms with Crippen LogP contribution in [0.5, 0.6) is 11.5 Å². The van der Waals surface area contributed by atoms with Crippen LogP contribution < -0.4 is 14.8 Å². The van der Waals surface area contributed by atoms with Gasteiger partial charge < -0.3 is 34.3 Å². The maximum atomic E-state index is 14.5. The highest BCUT2D eigenvalue weighted by Gasteiger charge is 2.32. The topological polar surface area (TPSA) is 193 Å². The summed E-state index contributed by atoms with van der Waals surface area (Å²) in [5.74, 6) is 2.05. The standard InChI is InChI=1S/C24H24FN5O3.C20H20FN5O.C4H6O3/c25-20-2-3-21-18(7-10-33-21)17(20)1-4-22-26-11-19(23-28-27-14-30(22)23)15-5-8-29(9-6-15)24(31)16-12-32-13-16;21-17-2-3-18-15(7-10-27-18)14(17)1-4-19-23-11-16(13-5-8-22-9-6-13)20-25-24-12-26(19)20;5-4(6)3-1-7-2-3/h2-3,5,11,14,16H,1,4,6-10,12-13H2;2-3,5,11-12,22H,1,4,6-10H2;3H,1-2H2,(H,5,6). The van der Waals surface area contributed by atoms with Gasteiger partial charge in [0.05, 0.1) is 45.6 Å². The SMILES string of the molecule is Fc1ccc2c(c1CCc1ncc(C3=CCNCC3)c3nncn13)CCO2.O=C(C1COC1)N1CC=C(c2cnc(CCc3c(F)ccc4c3CCO4)n3cnnc23)CC1.O=C(O)C1COC1. The summed E-state index contributed by atoms with van der Waals surface area (Å²) in [5.41, 5.74) is 9.26. The van der Waals surface area contributed by atoms with E-state index in [1.54, 1.807) is 24.8 Å². The maximum Gasteiger partial charge on any atom is 0.311 e. The number of ether oxygens (including phenoxy) is 4. The molecule has 12 rings (SSSR count). The number of hydrogen-bond acceptors (Lipinski definition) is 13. The van der Waals surface area contributed by atoms with Crippen molar-refractivity contribution in [1.82, 2.24) is 49.4 Å². The Morgan fingerprint density at radius 2 is 1.25 bits per heavy atom. The molecule has 348 valence electrons. The number of carboxylic acid groups (broad SMARTS) is 1. The molecule has 10 heterocycles. The van der Waals surface area contributed by atoms with Crippen LogP contribution in [0.25, 0.3) is 22.4 Å². The summed E-state index contributed by atoms with van der Waals surface area (Å²) in [6.07, 6.45) is 16.8. The minimum absolute atomic E-state index is 0.00588. The van der Waals surface area contributed by atoms with Crippen molar-refractivity contribution in [2.24, 2.45) is 11.8 Å². The third-order valence-corrected chi connectivity index (χ3v) is 13.1. The van der Waals surface area contributed by atoms with Gasteiger partial charge in [-0.25, -0.2) is 18.7 Å². The molecule has 1 amide bonds. The third kappa shape index (κ3) is 9.22. The first kappa shape index (κ1) is 44.2. The molecule has 2 saturated heterocycles. The first-order valence-electron chi connectivity index (χ1n) is 22.8. The van der Waals surface area contributed by atoms with E-state index in [-0.39, 0.29) is 29.4 Å². The molecule has 2 N–H and O–H groups in total. The summed E-state index contributed by atoms with van der Waals surface area (Å²) in [7, 11) is 0. The summed E-state index contributed by atoms with van der Waals surface area (Å²) in [6.45, 7) is 6.13. The molecule has 6 aromatic rings. The van der Waals surface area contributed by atoms with E-state index in [1.807, 2.05) is 26.1 Å². The van der Waals surface area contributed by atoms with Crippen molar-refractivity contribution in [2.45, 2.75) is 51.4 Å². The van der Waals surface area contributed by atoms with E-state index in [0.717, 1.165) is 107 Å². The monoisotopic (exact) mass is 916 g/mol. The van der Waals surface area contributed by atoms with Crippen LogP contribution in [0.3, 0.4) is 0 Å². The Balaban J connectivity index is 0.000000139. The molecule has 4 aromatic heterocycles. The highest BCUT2D eigenvalue weighted by atomic mass is 19.1. The number of carbonyl (C=O) groups is 2. The number of nitrogens with zero attached hydrogens (tertiary/aromatic N) is 9. The number of aromatic nitrogens is 8. The lowest BCUT2D eigenvalue weighted by Gasteiger charge is -2.33. The second-order valence-electron chi connectivity index (χ2n) is 17.2. The number of nitrogens with one attached hydrogen (secondary N) is 1. The highest BCUT2D eigenvalue weighted by Crippen LogP contribution is 2.33. The van der Waals surface area contributed by atoms with Crippen molar-refractivity contribution in [1.29, 1.82) is 0 Å². The number of carboxylic acids is 1. The van der Waals surface area contributed by atoms with Gasteiger partial charge in [-0.2, -0.15) is 0 Å². The van der Waals surface area contributed by atoms with Crippen LogP contribution in [0.15, 0.2) is 61.5 Å². The Kier molecular flexibility index (Phi) is 12.9. The lowest BCUT2D eigenvalue weighted by Crippen LogP contribution is -2.46. The number of fused-ring (bicyclic) bond motifs is 4. The predicted molar refractivity (Wildman–Crippen MR) is 238 cm³/mol. The van der Waals surface area contributed by atoms with Gasteiger partial charge in [0.1, 0.15) is 53.4 Å². The number of rotatable bonds is 10. The normalized spacial score (nSPS) is 17.7. The van der Waals surface area contributed by atoms with E-state index < -0.39 is 5.97 Å². The van der Waals surface area contributed by atoms with Gasteiger partial charge in [-0.05, 0) is 78.8 Å². The predicted octanol–water partition coefficient (Wildman–Crippen LogP) is 4.32. The fourth-order valence-corrected chi connectivity index (χ4v) is 9.20. The lowest BCUT2D eigenvalue weighted by atomic mass is 9.99. The van der Waals surface area contributed by atoms with E-state index in [9.17, 15) is 18.4 Å². The summed E-state index contributed by atoms with van der Waals surface area (Å²) in [5, 5.41) is 28.3. The first-order valence-corrected chi connectivity index (χ1v) is 22.8. The molecule has 0 aliphatic carbocycles. The van der Waals surface area contributed by atoms with Crippen molar-refractivity contribution in [2.75, 3.05) is 65.8 Å². The molecule has 2 aromatic carbocycles. The number of aliphatic carboxylic acids is 1. The highest BCUT2D eigenvalue weighted by molar-refractivity contribution is 5.82. The molecule has 6 aliphatic heterocycles. The molecule has 17 nitrogen and oxygen atoms in total. The van der Waals surface area contributed by atoms with Crippen molar-refractivity contribution < 1.29 is 42.4 Å². The maximum absolute atomic E-state index is 14.5. The third-order valence-electron chi connectivity index (χ3n) is 13.1. The molecule has 0 radical (unpaired) electrons. The minimum atomic E-state index is -0.744. The van der Waals surface area contributed by atoms with Gasteiger partial charge in [0.25, 0.3) is 0 Å². The summed E-state index contributed by atoms with van der Waals surface area (Å²) in [4.78, 5) is 33.6. The first-order chi connectivity index (χ1) is 32.8. The average Bonchev–Trinajstić information content (AvgIpc) is 4.16. The second-order valence-corrected chi connectivity index (χ2v) is 17.2. The Hall–Kier alpha value is -6.70. The number of amides is 1. The zero-order valence-electron chi connectivity index (χ0n) is 36.8. The lowest BCUT2D eigenvalue weighted by molar-refractivity contribution is -0.156. The van der Waals surface area contributed by atoms with Crippen LogP contribution in [0, 0.1) is 23.5 Å². The zero-order chi connectivity index (χ0) is 45.9. The average molecular weight is 917 g/mol. The molecule has 2 fully saturated rings. The van der Waals surface area contributed by atoms with E-state index >= 15 is 0 Å². The molecule has 0 bridgehead atoms. The number of halogens is 2. The smallest absolute Gasteiger partial charge is 0.311 e. The fourth-order valence-electron chi connectivity index (χ4n) is 9.20. The van der Waals surface area contributed by atoms with Gasteiger partial charge in [-0.3, -0.25) is 18.4 Å². The molecule has 67 heavy (non-hydrogen) atoms. The second kappa shape index (κ2) is 19.6. The zero-order valence-corrected chi connectivity index (χ0v) is 36.8. The molecule has 6 aliphatic rings. The summed E-state index contributed by atoms with van der Waals surface area (Å²) in [6, 6.07) is 6.40. The van der Waals surface area contributed by atoms with Gasteiger partial charge in [0.15, 0.2) is 11.3 Å². The molecule has 19 heteroatoms. The van der Waals surface area contributed by atoms with E-state index in [0.29, 0.717) is 84.0 Å². The number of carbonyl (C=O) groups excluding carboxylic acids is 1. The number of benzene rings is 2. The van der Waals surface area contributed by atoms with Gasteiger partial charge >= 0.3 is 5.97 Å². The van der Waals surface area contributed by atoms with Crippen LogP contribution in [0.1, 0.15) is 57.9 Å². The van der Waals surface area contributed by atoms with Crippen molar-refractivity contribution in [3.63, 3.8) is 0 Å². The van der Waals surface area contributed by atoms with Crippen LogP contribution >= 0.6 is 0 Å². The van der Waals surface area contributed by atoms with Crippen LogP contribution in [-0.2, 0) is 57.6 Å². The quantitative estimate of drug-likeness (QED) is 0.197. The Morgan fingerprint density at radius 3 is 1.70 bits per heavy atom. The van der Waals surface area contributed by atoms with Crippen molar-refractivity contribution in [3.8, 4) is 11.5 Å². The fraction of sp³-hybridized carbons (Fsp3) is 0.417. The molecule has 0 spiro atoms. The van der Waals surface area contributed by atoms with Gasteiger partial charge in [0, 0.05) is 80.0 Å².